The average molecular weight is 373 g/mol. The number of nitrogens with zero attached hydrogens (tertiary/aromatic N) is 3. The molecule has 1 aliphatic rings. The van der Waals surface area contributed by atoms with E-state index in [1.165, 1.54) is 0 Å². The molecule has 3 N–H and O–H groups in total. The topological polar surface area (TPSA) is 100 Å². The van der Waals surface area contributed by atoms with Crippen molar-refractivity contribution in [3.05, 3.63) is 53.6 Å². The summed E-state index contributed by atoms with van der Waals surface area (Å²) >= 11 is 0. The second-order valence-electron chi connectivity index (χ2n) is 6.59. The van der Waals surface area contributed by atoms with E-state index in [0.717, 1.165) is 23.6 Å². The zero-order valence-corrected chi connectivity index (χ0v) is 15.4. The smallest absolute Gasteiger partial charge is 0.228 e. The summed E-state index contributed by atoms with van der Waals surface area (Å²) in [6.07, 6.45) is 8.48. The van der Waals surface area contributed by atoms with Crippen molar-refractivity contribution in [3.8, 4) is 11.8 Å². The molecular formula is C21H19N5O2. The van der Waals surface area contributed by atoms with Crippen molar-refractivity contribution >= 4 is 28.3 Å². The first-order valence-corrected chi connectivity index (χ1v) is 9.02. The number of fused-ring (bicyclic) bond motifs is 1. The lowest BCUT2D eigenvalue weighted by atomic mass is 10.1. The Kier molecular flexibility index (Phi) is 4.87. The second kappa shape index (κ2) is 7.62. The third kappa shape index (κ3) is 3.63. The lowest BCUT2D eigenvalue weighted by molar-refractivity contribution is -0.117. The summed E-state index contributed by atoms with van der Waals surface area (Å²) in [7, 11) is 1.79. The molecule has 0 unspecified atom stereocenters. The maximum atomic E-state index is 12.1. The van der Waals surface area contributed by atoms with E-state index in [-0.39, 0.29) is 18.4 Å². The van der Waals surface area contributed by atoms with Crippen LogP contribution < -0.4 is 10.6 Å². The Morgan fingerprint density at radius 1 is 1.18 bits per heavy atom. The highest BCUT2D eigenvalue weighted by atomic mass is 16.3. The first kappa shape index (κ1) is 17.9. The minimum atomic E-state index is -0.128. The molecule has 140 valence electrons. The molecule has 0 atom stereocenters. The number of hydrogen-bond donors (Lipinski definition) is 3. The van der Waals surface area contributed by atoms with E-state index < -0.39 is 0 Å². The summed E-state index contributed by atoms with van der Waals surface area (Å²) in [4.78, 5) is 24.8. The zero-order chi connectivity index (χ0) is 19.5. The molecule has 4 rings (SSSR count). The number of carbonyl (C=O) groups excluding carboxylic acids is 1. The summed E-state index contributed by atoms with van der Waals surface area (Å²) in [5.41, 5.74) is 2.08. The van der Waals surface area contributed by atoms with Gasteiger partial charge in [0.25, 0.3) is 0 Å². The molecule has 1 saturated carbocycles. The number of hydrogen-bond acceptors (Lipinski definition) is 6. The van der Waals surface area contributed by atoms with Crippen molar-refractivity contribution < 1.29 is 9.90 Å². The summed E-state index contributed by atoms with van der Waals surface area (Å²) < 4.78 is 0. The Morgan fingerprint density at radius 2 is 2.00 bits per heavy atom. The fraction of sp³-hybridized carbons (Fsp3) is 0.238. The van der Waals surface area contributed by atoms with Crippen molar-refractivity contribution in [2.24, 2.45) is 5.92 Å². The highest BCUT2D eigenvalue weighted by Crippen LogP contribution is 2.31. The van der Waals surface area contributed by atoms with Gasteiger partial charge < -0.3 is 15.7 Å². The molecule has 1 fully saturated rings. The van der Waals surface area contributed by atoms with Gasteiger partial charge in [0, 0.05) is 59.7 Å². The van der Waals surface area contributed by atoms with Gasteiger partial charge >= 0.3 is 0 Å². The van der Waals surface area contributed by atoms with Gasteiger partial charge in [-0.05, 0) is 25.0 Å². The molecule has 0 saturated heterocycles. The molecule has 0 spiro atoms. The van der Waals surface area contributed by atoms with Gasteiger partial charge in [0.05, 0.1) is 12.2 Å². The maximum Gasteiger partial charge on any atom is 0.228 e. The Balaban J connectivity index is 1.77. The molecule has 0 aromatic carbocycles. The number of aromatic nitrogens is 3. The van der Waals surface area contributed by atoms with E-state index >= 15 is 0 Å². The van der Waals surface area contributed by atoms with Gasteiger partial charge in [-0.25, -0.2) is 9.97 Å². The number of pyridine rings is 3. The normalized spacial score (nSPS) is 12.9. The second-order valence-corrected chi connectivity index (χ2v) is 6.59. The monoisotopic (exact) mass is 373 g/mol. The van der Waals surface area contributed by atoms with Crippen LogP contribution in [0.15, 0.2) is 36.9 Å². The van der Waals surface area contributed by atoms with Crippen molar-refractivity contribution in [1.82, 2.24) is 15.0 Å². The fourth-order valence-electron chi connectivity index (χ4n) is 2.89. The van der Waals surface area contributed by atoms with Gasteiger partial charge in [-0.15, -0.1) is 0 Å². The average Bonchev–Trinajstić information content (AvgIpc) is 3.57. The number of amides is 1. The summed E-state index contributed by atoms with van der Waals surface area (Å²) in [6, 6.07) is 3.58. The van der Waals surface area contributed by atoms with Crippen LogP contribution >= 0.6 is 0 Å². The molecule has 0 radical (unpaired) electrons. The number of carbonyl (C=O) groups is 1. The number of nitrogens with one attached hydrogen (secondary N) is 2. The molecule has 3 aromatic heterocycles. The van der Waals surface area contributed by atoms with Gasteiger partial charge in [-0.1, -0.05) is 11.8 Å². The van der Waals surface area contributed by atoms with Gasteiger partial charge in [-0.3, -0.25) is 9.78 Å². The Labute approximate surface area is 162 Å². The first-order valence-electron chi connectivity index (χ1n) is 9.02. The molecule has 28 heavy (non-hydrogen) atoms. The summed E-state index contributed by atoms with van der Waals surface area (Å²) in [5.74, 6) is 7.50. The van der Waals surface area contributed by atoms with E-state index in [9.17, 15) is 9.90 Å². The number of anilines is 2. The van der Waals surface area contributed by atoms with Crippen molar-refractivity contribution in [1.29, 1.82) is 0 Å². The fourth-order valence-corrected chi connectivity index (χ4v) is 2.89. The Hall–Kier alpha value is -3.50. The van der Waals surface area contributed by atoms with Gasteiger partial charge in [0.2, 0.25) is 5.91 Å². The van der Waals surface area contributed by atoms with Crippen molar-refractivity contribution in [2.45, 2.75) is 19.4 Å². The Bertz CT molecular complexity index is 1110. The largest absolute Gasteiger partial charge is 0.392 e. The van der Waals surface area contributed by atoms with Crippen LogP contribution in [0.4, 0.5) is 11.6 Å². The van der Waals surface area contributed by atoms with E-state index in [4.69, 9.17) is 0 Å². The Morgan fingerprint density at radius 3 is 2.75 bits per heavy atom. The summed E-state index contributed by atoms with van der Waals surface area (Å²) in [6.45, 7) is -0.128. The highest BCUT2D eigenvalue weighted by molar-refractivity contribution is 5.99. The molecular weight excluding hydrogens is 354 g/mol. The molecule has 0 aliphatic heterocycles. The van der Waals surface area contributed by atoms with Gasteiger partial charge in [0.1, 0.15) is 11.6 Å². The zero-order valence-electron chi connectivity index (χ0n) is 15.4. The van der Waals surface area contributed by atoms with Gasteiger partial charge in [-0.2, -0.15) is 0 Å². The SMILES string of the molecule is CNc1ncc(C#Cc2ccncc2CO)c2cc(NC(=O)C3CC3)ncc12. The lowest BCUT2D eigenvalue weighted by Gasteiger charge is -2.09. The lowest BCUT2D eigenvalue weighted by Crippen LogP contribution is -2.14. The predicted molar refractivity (Wildman–Crippen MR) is 107 cm³/mol. The van der Waals surface area contributed by atoms with Gasteiger partial charge in [0.15, 0.2) is 0 Å². The molecule has 1 amide bonds. The molecule has 7 nitrogen and oxygen atoms in total. The highest BCUT2D eigenvalue weighted by Gasteiger charge is 2.29. The number of aliphatic hydroxyl groups excluding tert-OH is 1. The van der Waals surface area contributed by atoms with Crippen LogP contribution in [0.1, 0.15) is 29.5 Å². The molecule has 1 aliphatic carbocycles. The number of rotatable bonds is 4. The minimum absolute atomic E-state index is 0.00625. The standard InChI is InChI=1S/C21H19N5O2/c1-22-20-18-11-24-19(26-21(28)14-3-4-14)8-17(18)15(10-25-20)5-2-13-6-7-23-9-16(13)12-27/h6-11,14,27H,3-4,12H2,1H3,(H,22,25)(H,24,26,28). The van der Waals surface area contributed by atoms with E-state index in [2.05, 4.69) is 37.4 Å². The van der Waals surface area contributed by atoms with E-state index in [1.807, 2.05) is 6.07 Å². The quantitative estimate of drug-likeness (QED) is 0.607. The molecule has 0 bridgehead atoms. The summed E-state index contributed by atoms with van der Waals surface area (Å²) in [5, 5.41) is 17.0. The van der Waals surface area contributed by atoms with Crippen LogP contribution in [-0.2, 0) is 11.4 Å². The number of aliphatic hydroxyl groups is 1. The van der Waals surface area contributed by atoms with Crippen LogP contribution in [0.5, 0.6) is 0 Å². The molecule has 3 heterocycles. The third-order valence-corrected chi connectivity index (χ3v) is 4.61. The van der Waals surface area contributed by atoms with Crippen LogP contribution in [-0.4, -0.2) is 33.0 Å². The van der Waals surface area contributed by atoms with Crippen LogP contribution in [0.3, 0.4) is 0 Å². The maximum absolute atomic E-state index is 12.1. The van der Waals surface area contributed by atoms with Crippen LogP contribution in [0, 0.1) is 17.8 Å². The van der Waals surface area contributed by atoms with Crippen molar-refractivity contribution in [3.63, 3.8) is 0 Å². The first-order chi connectivity index (χ1) is 13.7. The van der Waals surface area contributed by atoms with Crippen LogP contribution in [0.2, 0.25) is 0 Å². The molecule has 3 aromatic rings. The van der Waals surface area contributed by atoms with E-state index in [0.29, 0.717) is 28.3 Å². The van der Waals surface area contributed by atoms with Crippen LogP contribution in [0.25, 0.3) is 10.8 Å². The van der Waals surface area contributed by atoms with E-state index in [1.54, 1.807) is 37.9 Å². The molecule has 7 heteroatoms. The van der Waals surface area contributed by atoms with Crippen molar-refractivity contribution in [2.75, 3.05) is 17.7 Å². The predicted octanol–water partition coefficient (Wildman–Crippen LogP) is 2.31. The minimum Gasteiger partial charge on any atom is -0.392 e. The third-order valence-electron chi connectivity index (χ3n) is 4.61.